The van der Waals surface area contributed by atoms with Gasteiger partial charge in [0.1, 0.15) is 28.7 Å². The number of piperazine rings is 1. The number of halogens is 4. The minimum absolute atomic E-state index is 0.00304. The van der Waals surface area contributed by atoms with Gasteiger partial charge in [-0.1, -0.05) is 100 Å². The van der Waals surface area contributed by atoms with E-state index in [2.05, 4.69) is 16.7 Å². The van der Waals surface area contributed by atoms with Gasteiger partial charge in [0.2, 0.25) is 0 Å². The molecule has 398 valence electrons. The number of rotatable bonds is 14. The highest BCUT2D eigenvalue weighted by Crippen LogP contribution is 2.64. The summed E-state index contributed by atoms with van der Waals surface area (Å²) in [5.41, 5.74) is -2.85. The zero-order chi connectivity index (χ0) is 52.8. The highest BCUT2D eigenvalue weighted by atomic mass is 19.4. The molecule has 1 atom stereocenters. The molecule has 2 saturated carbocycles. The standard InChI is InChI=1S/C64H68F4N2O6/c1-5-6-7-10-41-13-15-42(16-14-41)43-17-19-44(20-18-43)61(71)75-50-31-25-47(26-32-50)69-35-37-70(38-36-69)56-39-53-54(40-57(56)74-4)60-52(59-58(53)51-11-8-9-12-55(51)63(59,65)64(66,67)68)33-34-62(76-60,45-21-27-48(72-2)28-22-45)46-23-29-49(73-3)30-24-46/h8-9,11-12,21-34,39-44H,5-7,10,13-20,35-38H2,1-4H3. The summed E-state index contributed by atoms with van der Waals surface area (Å²) in [7, 11) is 4.72. The molecule has 0 bridgehead atoms. The van der Waals surface area contributed by atoms with Crippen molar-refractivity contribution in [1.82, 2.24) is 0 Å². The first-order chi connectivity index (χ1) is 36.9. The van der Waals surface area contributed by atoms with E-state index in [1.807, 2.05) is 60.7 Å². The highest BCUT2D eigenvalue weighted by Gasteiger charge is 2.64. The van der Waals surface area contributed by atoms with Crippen molar-refractivity contribution < 1.29 is 46.0 Å². The summed E-state index contributed by atoms with van der Waals surface area (Å²) >= 11 is 0. The molecule has 3 aliphatic carbocycles. The molecule has 0 amide bonds. The van der Waals surface area contributed by atoms with Gasteiger partial charge in [0.05, 0.1) is 32.9 Å². The van der Waals surface area contributed by atoms with Crippen LogP contribution in [-0.2, 0) is 16.1 Å². The molecule has 8 nitrogen and oxygen atoms in total. The summed E-state index contributed by atoms with van der Waals surface area (Å²) in [6.07, 6.45) is 12.8. The molecule has 3 fully saturated rings. The normalized spacial score (nSPS) is 22.8. The molecule has 6 aromatic rings. The summed E-state index contributed by atoms with van der Waals surface area (Å²) in [6, 6.07) is 31.9. The van der Waals surface area contributed by atoms with Crippen molar-refractivity contribution in [2.75, 3.05) is 57.3 Å². The largest absolute Gasteiger partial charge is 0.497 e. The Morgan fingerprint density at radius 3 is 1.87 bits per heavy atom. The molecule has 76 heavy (non-hydrogen) atoms. The lowest BCUT2D eigenvalue weighted by Gasteiger charge is -2.39. The molecule has 12 heteroatoms. The Bertz CT molecular complexity index is 3030. The predicted molar refractivity (Wildman–Crippen MR) is 292 cm³/mol. The summed E-state index contributed by atoms with van der Waals surface area (Å²) in [6.45, 7) is 4.63. The number of esters is 1. The average Bonchev–Trinajstić information content (AvgIpc) is 3.86. The van der Waals surface area contributed by atoms with Crippen molar-refractivity contribution in [2.45, 2.75) is 101 Å². The predicted octanol–water partition coefficient (Wildman–Crippen LogP) is 15.4. The minimum atomic E-state index is -5.32. The van der Waals surface area contributed by atoms with Crippen LogP contribution in [0.3, 0.4) is 0 Å². The third-order valence-electron chi connectivity index (χ3n) is 17.6. The number of unbranched alkanes of at least 4 members (excludes halogenated alkanes) is 2. The summed E-state index contributed by atoms with van der Waals surface area (Å²) in [4.78, 5) is 17.9. The van der Waals surface area contributed by atoms with Gasteiger partial charge < -0.3 is 33.5 Å². The second-order valence-corrected chi connectivity index (χ2v) is 21.7. The van der Waals surface area contributed by atoms with Crippen LogP contribution >= 0.6 is 0 Å². The van der Waals surface area contributed by atoms with E-state index < -0.39 is 28.6 Å². The van der Waals surface area contributed by atoms with Crippen LogP contribution in [-0.4, -0.2) is 59.7 Å². The summed E-state index contributed by atoms with van der Waals surface area (Å²) in [5, 5.41) is 0.884. The number of anilines is 2. The van der Waals surface area contributed by atoms with Gasteiger partial charge in [-0.3, -0.25) is 4.79 Å². The number of carbonyl (C=O) groups is 1. The van der Waals surface area contributed by atoms with Gasteiger partial charge in [-0.25, -0.2) is 4.39 Å². The molecule has 1 unspecified atom stereocenters. The first-order valence-electron chi connectivity index (χ1n) is 27.4. The highest BCUT2D eigenvalue weighted by molar-refractivity contribution is 6.10. The van der Waals surface area contributed by atoms with Crippen LogP contribution in [0.2, 0.25) is 0 Å². The van der Waals surface area contributed by atoms with Crippen molar-refractivity contribution >= 4 is 34.2 Å². The number of alkyl halides is 4. The van der Waals surface area contributed by atoms with E-state index in [4.69, 9.17) is 23.7 Å². The van der Waals surface area contributed by atoms with E-state index in [0.717, 1.165) is 49.1 Å². The fourth-order valence-electron chi connectivity index (χ4n) is 13.4. The van der Waals surface area contributed by atoms with E-state index in [1.54, 1.807) is 69.9 Å². The Balaban J connectivity index is 0.853. The van der Waals surface area contributed by atoms with Gasteiger partial charge in [0.25, 0.3) is 5.67 Å². The third-order valence-corrected chi connectivity index (χ3v) is 17.6. The molecule has 0 radical (unpaired) electrons. The van der Waals surface area contributed by atoms with Crippen molar-refractivity contribution in [1.29, 1.82) is 0 Å². The van der Waals surface area contributed by atoms with Crippen LogP contribution in [0.5, 0.6) is 28.7 Å². The molecule has 5 aliphatic rings. The number of benzene rings is 6. The lowest BCUT2D eigenvalue weighted by Crippen LogP contribution is -2.46. The number of carbonyl (C=O) groups excluding carboxylic acids is 1. The van der Waals surface area contributed by atoms with E-state index >= 15 is 17.6 Å². The first-order valence-corrected chi connectivity index (χ1v) is 27.4. The topological polar surface area (TPSA) is 69.7 Å². The smallest absolute Gasteiger partial charge is 0.431 e. The van der Waals surface area contributed by atoms with Gasteiger partial charge in [0.15, 0.2) is 5.60 Å². The molecular formula is C64H68F4N2O6. The van der Waals surface area contributed by atoms with E-state index in [1.165, 1.54) is 63.5 Å². The number of ether oxygens (including phenoxy) is 5. The van der Waals surface area contributed by atoms with Crippen molar-refractivity contribution in [3.63, 3.8) is 0 Å². The van der Waals surface area contributed by atoms with Gasteiger partial charge >= 0.3 is 12.1 Å². The molecule has 0 spiro atoms. The monoisotopic (exact) mass is 1040 g/mol. The van der Waals surface area contributed by atoms with Crippen molar-refractivity contribution in [2.24, 2.45) is 23.7 Å². The average molecular weight is 1040 g/mol. The number of nitrogens with zero attached hydrogens (tertiary/aromatic N) is 2. The molecule has 2 aliphatic heterocycles. The number of hydrogen-bond acceptors (Lipinski definition) is 8. The molecule has 11 rings (SSSR count). The minimum Gasteiger partial charge on any atom is -0.497 e. The van der Waals surface area contributed by atoms with Crippen molar-refractivity contribution in [3.05, 3.63) is 143 Å². The van der Waals surface area contributed by atoms with Crippen molar-refractivity contribution in [3.8, 4) is 39.9 Å². The van der Waals surface area contributed by atoms with E-state index in [9.17, 15) is 4.79 Å². The van der Waals surface area contributed by atoms with Crippen LogP contribution in [0.15, 0.2) is 115 Å². The second kappa shape index (κ2) is 21.0. The number of methoxy groups -OCH3 is 3. The van der Waals surface area contributed by atoms with Gasteiger partial charge in [-0.15, -0.1) is 0 Å². The van der Waals surface area contributed by atoms with Crippen LogP contribution in [0.1, 0.15) is 112 Å². The van der Waals surface area contributed by atoms with E-state index in [0.29, 0.717) is 76.8 Å². The zero-order valence-corrected chi connectivity index (χ0v) is 44.0. The lowest BCUT2D eigenvalue weighted by molar-refractivity contribution is -0.217. The zero-order valence-electron chi connectivity index (χ0n) is 44.0. The summed E-state index contributed by atoms with van der Waals surface area (Å²) in [5.74, 6) is 4.60. The number of hydrogen-bond donors (Lipinski definition) is 0. The molecular weight excluding hydrogens is 969 g/mol. The van der Waals surface area contributed by atoms with Gasteiger partial charge in [-0.2, -0.15) is 13.2 Å². The summed E-state index contributed by atoms with van der Waals surface area (Å²) < 4.78 is 95.4. The maximum Gasteiger partial charge on any atom is 0.431 e. The Morgan fingerprint density at radius 1 is 0.684 bits per heavy atom. The second-order valence-electron chi connectivity index (χ2n) is 21.7. The molecule has 6 aromatic carbocycles. The molecule has 1 saturated heterocycles. The Morgan fingerprint density at radius 2 is 1.28 bits per heavy atom. The fraction of sp³-hybridized carbons (Fsp3) is 0.422. The third kappa shape index (κ3) is 9.21. The maximum atomic E-state index is 17.9. The van der Waals surface area contributed by atoms with Gasteiger partial charge in [-0.05, 0) is 140 Å². The number of fused-ring (bicyclic) bond motifs is 8. The SMILES string of the molecule is CCCCCC1CCC(C2CCC(C(=O)Oc3ccc(N4CCN(c5cc6c7c(c8c(c6cc5OC)OC(c5ccc(OC)cc5)(c5ccc(OC)cc5)C=C8)C(F)(C(F)(F)F)c5ccccc5-7)CC4)cc3)CC2)CC1. The molecule has 0 N–H and O–H groups in total. The van der Waals surface area contributed by atoms with E-state index in [-0.39, 0.29) is 34.3 Å². The maximum absolute atomic E-state index is 17.9. The van der Waals surface area contributed by atoms with Crippen LogP contribution < -0.4 is 33.5 Å². The Labute approximate surface area is 443 Å². The lowest BCUT2D eigenvalue weighted by atomic mass is 9.68. The Kier molecular flexibility index (Phi) is 14.2. The quantitative estimate of drug-likeness (QED) is 0.0463. The molecule has 2 heterocycles. The fourth-order valence-corrected chi connectivity index (χ4v) is 13.4. The van der Waals surface area contributed by atoms with Crippen LogP contribution in [0.25, 0.3) is 28.0 Å². The van der Waals surface area contributed by atoms with Gasteiger partial charge in [0, 0.05) is 65.1 Å². The van der Waals surface area contributed by atoms with Crippen LogP contribution in [0, 0.1) is 23.7 Å². The van der Waals surface area contributed by atoms with Crippen LogP contribution in [0.4, 0.5) is 28.9 Å². The Hall–Kier alpha value is -6.69. The molecule has 0 aromatic heterocycles. The first kappa shape index (κ1) is 51.4.